The highest BCUT2D eigenvalue weighted by atomic mass is 15.3. The summed E-state index contributed by atoms with van der Waals surface area (Å²) in [7, 11) is 0. The van der Waals surface area contributed by atoms with E-state index < -0.39 is 0 Å². The largest absolute Gasteiger partial charge is 0.338 e. The van der Waals surface area contributed by atoms with Crippen LogP contribution in [0.4, 0.5) is 0 Å². The standard InChI is InChI=1S/C11H19N3/c1-3-10-8(2)13-11(14(10)12)9-6-4-5-7-9/h9H,3-7,12H2,1-2H3. The van der Waals surface area contributed by atoms with Crippen LogP contribution in [0.3, 0.4) is 0 Å². The van der Waals surface area contributed by atoms with Crippen molar-refractivity contribution in [3.8, 4) is 0 Å². The molecular weight excluding hydrogens is 174 g/mol. The Kier molecular flexibility index (Phi) is 2.48. The number of hydrogen-bond acceptors (Lipinski definition) is 2. The number of nitrogen functional groups attached to an aromatic ring is 1. The van der Waals surface area contributed by atoms with E-state index in [1.54, 1.807) is 0 Å². The zero-order chi connectivity index (χ0) is 10.1. The van der Waals surface area contributed by atoms with E-state index in [1.165, 1.54) is 31.4 Å². The van der Waals surface area contributed by atoms with Crippen LogP contribution in [0.2, 0.25) is 0 Å². The Hall–Kier alpha value is -0.990. The molecule has 0 amide bonds. The van der Waals surface area contributed by atoms with Crippen molar-refractivity contribution < 1.29 is 0 Å². The van der Waals surface area contributed by atoms with Crippen LogP contribution in [0, 0.1) is 6.92 Å². The molecule has 3 heteroatoms. The summed E-state index contributed by atoms with van der Waals surface area (Å²) >= 11 is 0. The molecule has 2 N–H and O–H groups in total. The summed E-state index contributed by atoms with van der Waals surface area (Å²) < 4.78 is 1.82. The third-order valence-corrected chi connectivity index (χ3v) is 3.29. The quantitative estimate of drug-likeness (QED) is 0.731. The molecule has 0 unspecified atom stereocenters. The smallest absolute Gasteiger partial charge is 0.130 e. The SMILES string of the molecule is CCc1c(C)nc(C2CCCC2)n1N. The second kappa shape index (κ2) is 3.64. The molecule has 14 heavy (non-hydrogen) atoms. The van der Waals surface area contributed by atoms with Crippen LogP contribution in [0.5, 0.6) is 0 Å². The van der Waals surface area contributed by atoms with E-state index in [2.05, 4.69) is 18.8 Å². The molecule has 0 bridgehead atoms. The van der Waals surface area contributed by atoms with Crippen molar-refractivity contribution in [2.45, 2.75) is 51.9 Å². The third kappa shape index (κ3) is 1.41. The van der Waals surface area contributed by atoms with Crippen molar-refractivity contribution in [3.63, 3.8) is 0 Å². The minimum Gasteiger partial charge on any atom is -0.338 e. The first kappa shape index (κ1) is 9.56. The highest BCUT2D eigenvalue weighted by Gasteiger charge is 2.23. The van der Waals surface area contributed by atoms with Crippen molar-refractivity contribution >= 4 is 0 Å². The summed E-state index contributed by atoms with van der Waals surface area (Å²) in [5.74, 6) is 7.77. The van der Waals surface area contributed by atoms with Gasteiger partial charge in [0.05, 0.1) is 11.4 Å². The first-order valence-electron chi connectivity index (χ1n) is 5.57. The first-order valence-corrected chi connectivity index (χ1v) is 5.57. The van der Waals surface area contributed by atoms with Gasteiger partial charge >= 0.3 is 0 Å². The minimum atomic E-state index is 0.610. The van der Waals surface area contributed by atoms with Crippen LogP contribution in [-0.4, -0.2) is 9.66 Å². The number of aryl methyl sites for hydroxylation is 1. The van der Waals surface area contributed by atoms with E-state index in [0.717, 1.165) is 17.9 Å². The highest BCUT2D eigenvalue weighted by Crippen LogP contribution is 2.33. The maximum atomic E-state index is 6.05. The lowest BCUT2D eigenvalue weighted by atomic mass is 10.1. The molecule has 3 nitrogen and oxygen atoms in total. The fraction of sp³-hybridized carbons (Fsp3) is 0.727. The van der Waals surface area contributed by atoms with E-state index in [0.29, 0.717) is 5.92 Å². The van der Waals surface area contributed by atoms with Crippen molar-refractivity contribution in [2.24, 2.45) is 0 Å². The second-order valence-corrected chi connectivity index (χ2v) is 4.21. The monoisotopic (exact) mass is 193 g/mol. The van der Waals surface area contributed by atoms with Crippen LogP contribution in [0.1, 0.15) is 55.7 Å². The van der Waals surface area contributed by atoms with E-state index in [4.69, 9.17) is 5.84 Å². The lowest BCUT2D eigenvalue weighted by Gasteiger charge is -2.09. The Morgan fingerprint density at radius 2 is 2.07 bits per heavy atom. The fourth-order valence-electron chi connectivity index (χ4n) is 2.50. The maximum absolute atomic E-state index is 6.05. The molecule has 1 fully saturated rings. The van der Waals surface area contributed by atoms with Crippen molar-refractivity contribution in [1.29, 1.82) is 0 Å². The van der Waals surface area contributed by atoms with Gasteiger partial charge in [-0.2, -0.15) is 0 Å². The van der Waals surface area contributed by atoms with Crippen molar-refractivity contribution in [1.82, 2.24) is 9.66 Å². The van der Waals surface area contributed by atoms with E-state index >= 15 is 0 Å². The zero-order valence-electron chi connectivity index (χ0n) is 9.08. The molecule has 0 aliphatic heterocycles. The minimum absolute atomic E-state index is 0.610. The van der Waals surface area contributed by atoms with E-state index in [9.17, 15) is 0 Å². The number of rotatable bonds is 2. The summed E-state index contributed by atoms with van der Waals surface area (Å²) in [4.78, 5) is 4.60. The van der Waals surface area contributed by atoms with Crippen LogP contribution >= 0.6 is 0 Å². The summed E-state index contributed by atoms with van der Waals surface area (Å²) in [5.41, 5.74) is 2.30. The summed E-state index contributed by atoms with van der Waals surface area (Å²) in [6.07, 6.45) is 6.16. The fourth-order valence-corrected chi connectivity index (χ4v) is 2.50. The number of nitrogens with zero attached hydrogens (tertiary/aromatic N) is 2. The van der Waals surface area contributed by atoms with E-state index in [-0.39, 0.29) is 0 Å². The Morgan fingerprint density at radius 1 is 1.43 bits per heavy atom. The molecule has 0 spiro atoms. The molecule has 2 rings (SSSR count). The number of hydrogen-bond donors (Lipinski definition) is 1. The van der Waals surface area contributed by atoms with Gasteiger partial charge in [0, 0.05) is 5.92 Å². The topological polar surface area (TPSA) is 43.8 Å². The van der Waals surface area contributed by atoms with Crippen molar-refractivity contribution in [3.05, 3.63) is 17.2 Å². The Balaban J connectivity index is 2.33. The molecule has 0 radical (unpaired) electrons. The van der Waals surface area contributed by atoms with Gasteiger partial charge in [0.25, 0.3) is 0 Å². The van der Waals surface area contributed by atoms with Gasteiger partial charge in [0.15, 0.2) is 0 Å². The van der Waals surface area contributed by atoms with E-state index in [1.807, 2.05) is 4.68 Å². The average Bonchev–Trinajstić information content (AvgIpc) is 2.74. The first-order chi connectivity index (χ1) is 6.74. The van der Waals surface area contributed by atoms with Crippen LogP contribution in [0.15, 0.2) is 0 Å². The van der Waals surface area contributed by atoms with Gasteiger partial charge < -0.3 is 5.84 Å². The molecular formula is C11H19N3. The molecule has 0 aromatic carbocycles. The molecule has 1 saturated carbocycles. The number of imidazole rings is 1. The summed E-state index contributed by atoms with van der Waals surface area (Å²) in [6.45, 7) is 4.19. The molecule has 0 saturated heterocycles. The van der Waals surface area contributed by atoms with Gasteiger partial charge in [-0.1, -0.05) is 19.8 Å². The molecule has 78 valence electrons. The van der Waals surface area contributed by atoms with Crippen LogP contribution in [0.25, 0.3) is 0 Å². The Bertz CT molecular complexity index is 322. The van der Waals surface area contributed by atoms with Crippen LogP contribution in [-0.2, 0) is 6.42 Å². The normalized spacial score (nSPS) is 17.9. The van der Waals surface area contributed by atoms with Crippen LogP contribution < -0.4 is 5.84 Å². The molecule has 1 aliphatic rings. The highest BCUT2D eigenvalue weighted by molar-refractivity contribution is 5.18. The third-order valence-electron chi connectivity index (χ3n) is 3.29. The van der Waals surface area contributed by atoms with Gasteiger partial charge in [-0.3, -0.25) is 4.68 Å². The number of aromatic nitrogens is 2. The maximum Gasteiger partial charge on any atom is 0.130 e. The Morgan fingerprint density at radius 3 is 2.57 bits per heavy atom. The predicted octanol–water partition coefficient (Wildman–Crippen LogP) is 2.13. The van der Waals surface area contributed by atoms with Gasteiger partial charge in [-0.05, 0) is 26.2 Å². The Labute approximate surface area is 85.3 Å². The molecule has 0 atom stereocenters. The van der Waals surface area contributed by atoms with Crippen molar-refractivity contribution in [2.75, 3.05) is 5.84 Å². The van der Waals surface area contributed by atoms with Gasteiger partial charge in [0.2, 0.25) is 0 Å². The molecule has 1 aliphatic carbocycles. The lowest BCUT2D eigenvalue weighted by molar-refractivity contribution is 0.638. The average molecular weight is 193 g/mol. The van der Waals surface area contributed by atoms with Gasteiger partial charge in [-0.15, -0.1) is 0 Å². The summed E-state index contributed by atoms with van der Waals surface area (Å²) in [5, 5.41) is 0. The molecule has 1 aromatic heterocycles. The number of nitrogens with two attached hydrogens (primary N) is 1. The lowest BCUT2D eigenvalue weighted by Crippen LogP contribution is -2.17. The van der Waals surface area contributed by atoms with Gasteiger partial charge in [-0.25, -0.2) is 4.98 Å². The molecule has 1 heterocycles. The second-order valence-electron chi connectivity index (χ2n) is 4.21. The predicted molar refractivity (Wildman–Crippen MR) is 57.7 cm³/mol. The molecule has 1 aromatic rings. The summed E-state index contributed by atoms with van der Waals surface area (Å²) in [6, 6.07) is 0. The van der Waals surface area contributed by atoms with Gasteiger partial charge in [0.1, 0.15) is 5.82 Å². The zero-order valence-corrected chi connectivity index (χ0v) is 9.08.